The minimum atomic E-state index is -4.73. The van der Waals surface area contributed by atoms with Crippen LogP contribution in [0.1, 0.15) is 45.9 Å². The predicted molar refractivity (Wildman–Crippen MR) is 125 cm³/mol. The Kier molecular flexibility index (Phi) is 7.17. The molecule has 1 aliphatic heterocycles. The highest BCUT2D eigenvalue weighted by atomic mass is 19.4. The highest BCUT2D eigenvalue weighted by molar-refractivity contribution is 6.06. The van der Waals surface area contributed by atoms with Crippen LogP contribution in [-0.4, -0.2) is 17.9 Å². The summed E-state index contributed by atoms with van der Waals surface area (Å²) in [5.74, 6) is -2.66. The number of primary amides is 1. The zero-order valence-corrected chi connectivity index (χ0v) is 19.5. The molecule has 0 bridgehead atoms. The van der Waals surface area contributed by atoms with E-state index in [4.69, 9.17) is 10.5 Å². The first-order valence-electron chi connectivity index (χ1n) is 11.2. The van der Waals surface area contributed by atoms with Crippen LogP contribution in [0.4, 0.5) is 27.6 Å². The summed E-state index contributed by atoms with van der Waals surface area (Å²) in [6.07, 6.45) is -3.90. The minimum Gasteiger partial charge on any atom is -0.456 e. The van der Waals surface area contributed by atoms with Crippen molar-refractivity contribution in [2.75, 3.05) is 5.32 Å². The molecule has 11 heteroatoms. The molecule has 1 heterocycles. The summed E-state index contributed by atoms with van der Waals surface area (Å²) in [7, 11) is 0. The molecule has 0 saturated carbocycles. The fourth-order valence-electron chi connectivity index (χ4n) is 4.12. The Labute approximate surface area is 208 Å². The lowest BCUT2D eigenvalue weighted by molar-refractivity contribution is -0.137. The number of hydrogen-bond acceptors (Lipinski definition) is 4. The molecule has 0 spiro atoms. The third-order valence-corrected chi connectivity index (χ3v) is 6.03. The second-order valence-corrected chi connectivity index (χ2v) is 8.66. The van der Waals surface area contributed by atoms with Crippen LogP contribution in [0.5, 0.6) is 11.5 Å². The second kappa shape index (κ2) is 10.2. The summed E-state index contributed by atoms with van der Waals surface area (Å²) in [5, 5.41) is 5.41. The standard InChI is InChI=1S/C26H22F5N3O3/c1-13-10-15(27)3-9-22(13)37-23-8-2-14(26(29,30)31)11-18(23)25(36)33-16-4-5-19(28)17(12-16)20-6-7-21(34-20)24(32)35/h2-5,8-12,20-21,34H,6-7H2,1H3,(H2,32,35)(H,33,36). The van der Waals surface area contributed by atoms with Crippen LogP contribution < -0.4 is 21.1 Å². The number of nitrogens with two attached hydrogens (primary N) is 1. The number of carbonyl (C=O) groups excluding carboxylic acids is 2. The van der Waals surface area contributed by atoms with Gasteiger partial charge in [0.2, 0.25) is 5.91 Å². The molecule has 0 radical (unpaired) electrons. The Morgan fingerprint density at radius 3 is 2.38 bits per heavy atom. The lowest BCUT2D eigenvalue weighted by Crippen LogP contribution is -2.37. The van der Waals surface area contributed by atoms with Crippen molar-refractivity contribution in [3.63, 3.8) is 0 Å². The van der Waals surface area contributed by atoms with Crippen molar-refractivity contribution in [1.29, 1.82) is 0 Å². The van der Waals surface area contributed by atoms with E-state index in [0.717, 1.165) is 24.3 Å². The Morgan fingerprint density at radius 1 is 1.00 bits per heavy atom. The number of amides is 2. The van der Waals surface area contributed by atoms with Crippen LogP contribution in [-0.2, 0) is 11.0 Å². The summed E-state index contributed by atoms with van der Waals surface area (Å²) >= 11 is 0. The predicted octanol–water partition coefficient (Wildman–Crippen LogP) is 5.62. The number of anilines is 1. The van der Waals surface area contributed by atoms with E-state index in [1.165, 1.54) is 24.3 Å². The first kappa shape index (κ1) is 26.1. The van der Waals surface area contributed by atoms with E-state index in [-0.39, 0.29) is 22.7 Å². The molecule has 0 aliphatic carbocycles. The number of ether oxygens (including phenoxy) is 1. The van der Waals surface area contributed by atoms with E-state index in [0.29, 0.717) is 24.5 Å². The summed E-state index contributed by atoms with van der Waals surface area (Å²) in [6.45, 7) is 1.54. The van der Waals surface area contributed by atoms with Crippen molar-refractivity contribution >= 4 is 17.5 Å². The normalized spacial score (nSPS) is 17.5. The molecule has 2 amide bonds. The molecule has 4 rings (SSSR count). The Hall–Kier alpha value is -3.99. The highest BCUT2D eigenvalue weighted by Crippen LogP contribution is 2.36. The molecular formula is C26H22F5N3O3. The average molecular weight is 519 g/mol. The van der Waals surface area contributed by atoms with Gasteiger partial charge >= 0.3 is 6.18 Å². The van der Waals surface area contributed by atoms with Crippen LogP contribution in [0.25, 0.3) is 0 Å². The van der Waals surface area contributed by atoms with E-state index < -0.39 is 52.8 Å². The topological polar surface area (TPSA) is 93.4 Å². The van der Waals surface area contributed by atoms with Gasteiger partial charge in [-0.3, -0.25) is 14.9 Å². The largest absolute Gasteiger partial charge is 0.456 e. The molecule has 2 unspecified atom stereocenters. The summed E-state index contributed by atoms with van der Waals surface area (Å²) in [5.41, 5.74) is 4.45. The van der Waals surface area contributed by atoms with Crippen molar-refractivity contribution in [1.82, 2.24) is 5.32 Å². The number of aryl methyl sites for hydroxylation is 1. The van der Waals surface area contributed by atoms with E-state index in [9.17, 15) is 31.5 Å². The van der Waals surface area contributed by atoms with Gasteiger partial charge in [0, 0.05) is 17.3 Å². The van der Waals surface area contributed by atoms with Gasteiger partial charge in [0.15, 0.2) is 0 Å². The van der Waals surface area contributed by atoms with Gasteiger partial charge in [-0.25, -0.2) is 8.78 Å². The minimum absolute atomic E-state index is 0.118. The maximum atomic E-state index is 14.5. The molecular weight excluding hydrogens is 497 g/mol. The Bertz CT molecular complexity index is 1360. The molecule has 3 aromatic rings. The molecule has 1 saturated heterocycles. The zero-order chi connectivity index (χ0) is 26.9. The maximum absolute atomic E-state index is 14.5. The van der Waals surface area contributed by atoms with Gasteiger partial charge in [-0.05, 0) is 79.9 Å². The SMILES string of the molecule is Cc1cc(F)ccc1Oc1ccc(C(F)(F)F)cc1C(=O)Nc1ccc(F)c(C2CCC(C(N)=O)N2)c1. The molecule has 6 nitrogen and oxygen atoms in total. The van der Waals surface area contributed by atoms with Crippen molar-refractivity contribution < 1.29 is 36.3 Å². The smallest absolute Gasteiger partial charge is 0.416 e. The van der Waals surface area contributed by atoms with Gasteiger partial charge in [0.1, 0.15) is 23.1 Å². The molecule has 194 valence electrons. The van der Waals surface area contributed by atoms with Crippen LogP contribution in [0, 0.1) is 18.6 Å². The molecule has 1 aliphatic rings. The summed E-state index contributed by atoms with van der Waals surface area (Å²) in [6, 6.07) is 8.55. The molecule has 2 atom stereocenters. The van der Waals surface area contributed by atoms with Gasteiger partial charge < -0.3 is 15.8 Å². The molecule has 4 N–H and O–H groups in total. The number of nitrogens with one attached hydrogen (secondary N) is 2. The van der Waals surface area contributed by atoms with E-state index in [1.807, 2.05) is 0 Å². The van der Waals surface area contributed by atoms with Crippen molar-refractivity contribution in [2.45, 2.75) is 38.0 Å². The second-order valence-electron chi connectivity index (χ2n) is 8.66. The quantitative estimate of drug-likeness (QED) is 0.369. The first-order chi connectivity index (χ1) is 17.4. The number of hydrogen-bond donors (Lipinski definition) is 3. The fourth-order valence-corrected chi connectivity index (χ4v) is 4.12. The third kappa shape index (κ3) is 5.88. The monoisotopic (exact) mass is 519 g/mol. The number of carbonyl (C=O) groups is 2. The van der Waals surface area contributed by atoms with Gasteiger partial charge in [0.05, 0.1) is 17.2 Å². The van der Waals surface area contributed by atoms with Gasteiger partial charge in [0.25, 0.3) is 5.91 Å². The lowest BCUT2D eigenvalue weighted by atomic mass is 10.0. The zero-order valence-electron chi connectivity index (χ0n) is 19.5. The average Bonchev–Trinajstić information content (AvgIpc) is 3.32. The van der Waals surface area contributed by atoms with Crippen LogP contribution in [0.15, 0.2) is 54.6 Å². The number of benzene rings is 3. The molecule has 37 heavy (non-hydrogen) atoms. The van der Waals surface area contributed by atoms with Crippen molar-refractivity contribution in [2.24, 2.45) is 5.73 Å². The van der Waals surface area contributed by atoms with E-state index in [2.05, 4.69) is 10.6 Å². The van der Waals surface area contributed by atoms with E-state index in [1.54, 1.807) is 6.92 Å². The van der Waals surface area contributed by atoms with Gasteiger partial charge in [-0.15, -0.1) is 0 Å². The molecule has 0 aromatic heterocycles. The van der Waals surface area contributed by atoms with E-state index >= 15 is 0 Å². The van der Waals surface area contributed by atoms with Crippen molar-refractivity contribution in [3.8, 4) is 11.5 Å². The van der Waals surface area contributed by atoms with Crippen molar-refractivity contribution in [3.05, 3.63) is 88.5 Å². The lowest BCUT2D eigenvalue weighted by Gasteiger charge is -2.17. The fraction of sp³-hybridized carbons (Fsp3) is 0.231. The van der Waals surface area contributed by atoms with Crippen LogP contribution >= 0.6 is 0 Å². The number of rotatable bonds is 6. The highest BCUT2D eigenvalue weighted by Gasteiger charge is 2.33. The maximum Gasteiger partial charge on any atom is 0.416 e. The first-order valence-corrected chi connectivity index (χ1v) is 11.2. The molecule has 3 aromatic carbocycles. The third-order valence-electron chi connectivity index (χ3n) is 6.03. The van der Waals surface area contributed by atoms with Crippen LogP contribution in [0.2, 0.25) is 0 Å². The van der Waals surface area contributed by atoms with Gasteiger partial charge in [-0.2, -0.15) is 13.2 Å². The number of alkyl halides is 3. The summed E-state index contributed by atoms with van der Waals surface area (Å²) < 4.78 is 73.8. The Balaban J connectivity index is 1.64. The summed E-state index contributed by atoms with van der Waals surface area (Å²) in [4.78, 5) is 24.5. The van der Waals surface area contributed by atoms with Gasteiger partial charge in [-0.1, -0.05) is 0 Å². The number of halogens is 5. The molecule has 1 fully saturated rings. The Morgan fingerprint density at radius 2 is 1.73 bits per heavy atom. The van der Waals surface area contributed by atoms with Crippen LogP contribution in [0.3, 0.4) is 0 Å².